The second-order valence-corrected chi connectivity index (χ2v) is 5.23. The highest BCUT2D eigenvalue weighted by molar-refractivity contribution is 7.99. The van der Waals surface area contributed by atoms with E-state index >= 15 is 0 Å². The molecule has 2 aromatic rings. The Balaban J connectivity index is 1.97. The fourth-order valence-corrected chi connectivity index (χ4v) is 2.64. The zero-order chi connectivity index (χ0) is 12.7. The molecule has 0 bridgehead atoms. The van der Waals surface area contributed by atoms with Crippen molar-refractivity contribution in [3.63, 3.8) is 0 Å². The molecular formula is C9H9ClN6OS. The van der Waals surface area contributed by atoms with Gasteiger partial charge >= 0.3 is 5.69 Å². The van der Waals surface area contributed by atoms with E-state index in [0.717, 1.165) is 12.8 Å². The molecule has 3 rings (SSSR count). The van der Waals surface area contributed by atoms with Gasteiger partial charge in [0.25, 0.3) is 0 Å². The van der Waals surface area contributed by atoms with Crippen molar-refractivity contribution in [2.75, 3.05) is 5.73 Å². The summed E-state index contributed by atoms with van der Waals surface area (Å²) < 4.78 is 1.62. The molecule has 0 amide bonds. The second-order valence-electron chi connectivity index (χ2n) is 3.89. The lowest BCUT2D eigenvalue weighted by atomic mass is 10.6. The fourth-order valence-electron chi connectivity index (χ4n) is 1.54. The largest absolute Gasteiger partial charge is 0.382 e. The van der Waals surface area contributed by atoms with Gasteiger partial charge in [0.05, 0.1) is 0 Å². The molecule has 1 fully saturated rings. The summed E-state index contributed by atoms with van der Waals surface area (Å²) >= 11 is 7.20. The molecule has 1 saturated carbocycles. The first kappa shape index (κ1) is 11.5. The van der Waals surface area contributed by atoms with Crippen LogP contribution in [0.25, 0.3) is 0 Å². The van der Waals surface area contributed by atoms with E-state index in [9.17, 15) is 4.79 Å². The second kappa shape index (κ2) is 4.29. The maximum absolute atomic E-state index is 11.6. The van der Waals surface area contributed by atoms with Gasteiger partial charge in [0.1, 0.15) is 22.2 Å². The Morgan fingerprint density at radius 1 is 1.50 bits per heavy atom. The number of hydrogen-bond acceptors (Lipinski definition) is 6. The highest BCUT2D eigenvalue weighted by Gasteiger charge is 2.29. The Bertz CT molecular complexity index is 649. The molecule has 2 aromatic heterocycles. The van der Waals surface area contributed by atoms with Crippen molar-refractivity contribution in [2.24, 2.45) is 0 Å². The summed E-state index contributed by atoms with van der Waals surface area (Å²) in [7, 11) is 0. The van der Waals surface area contributed by atoms with Crippen molar-refractivity contribution in [3.05, 3.63) is 21.8 Å². The van der Waals surface area contributed by atoms with Crippen LogP contribution in [0.5, 0.6) is 0 Å². The van der Waals surface area contributed by atoms with Crippen LogP contribution in [-0.4, -0.2) is 24.7 Å². The van der Waals surface area contributed by atoms with Gasteiger partial charge in [-0.3, -0.25) is 4.57 Å². The van der Waals surface area contributed by atoms with Crippen molar-refractivity contribution >= 4 is 29.2 Å². The van der Waals surface area contributed by atoms with Crippen LogP contribution in [-0.2, 0) is 0 Å². The lowest BCUT2D eigenvalue weighted by Crippen LogP contribution is -2.16. The third-order valence-electron chi connectivity index (χ3n) is 2.56. The monoisotopic (exact) mass is 284 g/mol. The van der Waals surface area contributed by atoms with Crippen LogP contribution in [0, 0.1) is 0 Å². The summed E-state index contributed by atoms with van der Waals surface area (Å²) in [6, 6.07) is 0.233. The molecule has 18 heavy (non-hydrogen) atoms. The van der Waals surface area contributed by atoms with Crippen molar-refractivity contribution in [3.8, 4) is 0 Å². The molecule has 1 aliphatic rings. The Labute approximate surface area is 111 Å². The molecule has 0 atom stereocenters. The number of nitrogens with one attached hydrogen (secondary N) is 1. The van der Waals surface area contributed by atoms with Crippen LogP contribution >= 0.6 is 23.4 Å². The van der Waals surface area contributed by atoms with E-state index < -0.39 is 0 Å². The number of nitrogens with zero attached hydrogens (tertiary/aromatic N) is 4. The van der Waals surface area contributed by atoms with Crippen LogP contribution in [0.4, 0.5) is 5.82 Å². The average molecular weight is 285 g/mol. The number of hydrogen-bond donors (Lipinski definition) is 2. The summed E-state index contributed by atoms with van der Waals surface area (Å²) in [5.74, 6) is 0.213. The number of halogens is 1. The first-order valence-electron chi connectivity index (χ1n) is 5.27. The van der Waals surface area contributed by atoms with E-state index in [1.807, 2.05) is 0 Å². The minimum atomic E-state index is -0.210. The van der Waals surface area contributed by atoms with Gasteiger partial charge < -0.3 is 5.73 Å². The molecule has 3 N–H and O–H groups in total. The van der Waals surface area contributed by atoms with Gasteiger partial charge in [-0.2, -0.15) is 0 Å². The Hall–Kier alpha value is -1.54. The lowest BCUT2D eigenvalue weighted by Gasteiger charge is -2.04. The van der Waals surface area contributed by atoms with Crippen molar-refractivity contribution in [2.45, 2.75) is 29.1 Å². The summed E-state index contributed by atoms with van der Waals surface area (Å²) in [4.78, 5) is 19.4. The Morgan fingerprint density at radius 3 is 3.00 bits per heavy atom. The summed E-state index contributed by atoms with van der Waals surface area (Å²) in [5, 5.41) is 7.72. The number of aromatic amines is 1. The van der Waals surface area contributed by atoms with Crippen LogP contribution in [0.15, 0.2) is 21.3 Å². The summed E-state index contributed by atoms with van der Waals surface area (Å²) in [6.07, 6.45) is 3.31. The predicted molar refractivity (Wildman–Crippen MR) is 66.7 cm³/mol. The zero-order valence-electron chi connectivity index (χ0n) is 9.13. The van der Waals surface area contributed by atoms with Gasteiger partial charge in [0.2, 0.25) is 0 Å². The number of H-pyrrole nitrogens is 1. The third-order valence-corrected chi connectivity index (χ3v) is 4.01. The summed E-state index contributed by atoms with van der Waals surface area (Å²) in [5.41, 5.74) is 5.39. The van der Waals surface area contributed by atoms with Crippen LogP contribution in [0.1, 0.15) is 18.9 Å². The van der Waals surface area contributed by atoms with Gasteiger partial charge in [-0.05, 0) is 24.6 Å². The fraction of sp³-hybridized carbons (Fsp3) is 0.333. The molecule has 9 heteroatoms. The third kappa shape index (κ3) is 1.97. The molecule has 0 unspecified atom stereocenters. The maximum atomic E-state index is 11.6. The molecule has 2 heterocycles. The standard InChI is InChI=1S/C9H9ClN6OS/c10-5-6(11)12-3-13-7(5)18-9-15-14-8(17)16(9)4-1-2-4/h3-4H,1-2H2,(H,14,17)(H2,11,12,13). The Morgan fingerprint density at radius 2 is 2.28 bits per heavy atom. The topological polar surface area (TPSA) is 102 Å². The number of rotatable bonds is 3. The molecule has 0 aromatic carbocycles. The Kier molecular flexibility index (Phi) is 2.75. The average Bonchev–Trinajstić information content (AvgIpc) is 3.11. The maximum Gasteiger partial charge on any atom is 0.344 e. The minimum Gasteiger partial charge on any atom is -0.382 e. The predicted octanol–water partition coefficient (Wildman–Crippen LogP) is 1.08. The number of nitrogens with two attached hydrogens (primary N) is 1. The molecular weight excluding hydrogens is 276 g/mol. The molecule has 0 aliphatic heterocycles. The van der Waals surface area contributed by atoms with Crippen LogP contribution < -0.4 is 11.4 Å². The van der Waals surface area contributed by atoms with Crippen LogP contribution in [0.2, 0.25) is 5.02 Å². The van der Waals surface area contributed by atoms with Gasteiger partial charge in [0, 0.05) is 6.04 Å². The molecule has 0 spiro atoms. The molecule has 7 nitrogen and oxygen atoms in total. The van der Waals surface area contributed by atoms with E-state index in [0.29, 0.717) is 10.2 Å². The number of nitrogen functional groups attached to an aromatic ring is 1. The molecule has 0 saturated heterocycles. The van der Waals surface area contributed by atoms with Crippen molar-refractivity contribution in [1.82, 2.24) is 24.7 Å². The molecule has 94 valence electrons. The quantitative estimate of drug-likeness (QED) is 0.818. The lowest BCUT2D eigenvalue weighted by molar-refractivity contribution is 0.642. The molecule has 1 aliphatic carbocycles. The normalized spacial score (nSPS) is 14.9. The zero-order valence-corrected chi connectivity index (χ0v) is 10.7. The van der Waals surface area contributed by atoms with E-state index in [1.165, 1.54) is 18.1 Å². The van der Waals surface area contributed by atoms with E-state index in [4.69, 9.17) is 17.3 Å². The SMILES string of the molecule is Nc1ncnc(Sc2n[nH]c(=O)n2C2CC2)c1Cl. The van der Waals surface area contributed by atoms with E-state index in [-0.39, 0.29) is 22.6 Å². The van der Waals surface area contributed by atoms with Gasteiger partial charge in [-0.25, -0.2) is 19.9 Å². The van der Waals surface area contributed by atoms with Gasteiger partial charge in [-0.15, -0.1) is 5.10 Å². The van der Waals surface area contributed by atoms with Crippen molar-refractivity contribution < 1.29 is 0 Å². The summed E-state index contributed by atoms with van der Waals surface area (Å²) in [6.45, 7) is 0. The van der Waals surface area contributed by atoms with Gasteiger partial charge in [-0.1, -0.05) is 11.6 Å². The first-order chi connectivity index (χ1) is 8.66. The highest BCUT2D eigenvalue weighted by Crippen LogP contribution is 2.38. The smallest absolute Gasteiger partial charge is 0.344 e. The number of anilines is 1. The minimum absolute atomic E-state index is 0.210. The molecule has 0 radical (unpaired) electrons. The van der Waals surface area contributed by atoms with Crippen LogP contribution in [0.3, 0.4) is 0 Å². The van der Waals surface area contributed by atoms with E-state index in [2.05, 4.69) is 20.2 Å². The van der Waals surface area contributed by atoms with Crippen molar-refractivity contribution in [1.29, 1.82) is 0 Å². The first-order valence-corrected chi connectivity index (χ1v) is 6.47. The van der Waals surface area contributed by atoms with E-state index in [1.54, 1.807) is 4.57 Å². The van der Waals surface area contributed by atoms with Gasteiger partial charge in [0.15, 0.2) is 5.16 Å². The highest BCUT2D eigenvalue weighted by atomic mass is 35.5. The number of aromatic nitrogens is 5.